The minimum atomic E-state index is -0.0258. The number of hydrogen-bond donors (Lipinski definition) is 2. The van der Waals surface area contributed by atoms with Crippen molar-refractivity contribution in [2.45, 2.75) is 13.5 Å². The fraction of sp³-hybridized carbons (Fsp3) is 0.375. The van der Waals surface area contributed by atoms with E-state index < -0.39 is 0 Å². The van der Waals surface area contributed by atoms with Crippen molar-refractivity contribution in [2.24, 2.45) is 0 Å². The number of aromatic nitrogens is 1. The monoisotopic (exact) mass is 287 g/mol. The smallest absolute Gasteiger partial charge is 0.234 e. The molecule has 0 fully saturated rings. The third-order valence-corrected chi connectivity index (χ3v) is 3.16. The van der Waals surface area contributed by atoms with Gasteiger partial charge in [-0.25, -0.2) is 0 Å². The summed E-state index contributed by atoms with van der Waals surface area (Å²) in [5.74, 6) is -0.0258. The zero-order chi connectivity index (χ0) is 15.1. The molecule has 1 aromatic carbocycles. The molecular weight excluding hydrogens is 266 g/mol. The SMILES string of the molecule is COCCNC(=O)CNCc1cc(C)nc2ccccc12. The molecule has 0 aliphatic carbocycles. The predicted octanol–water partition coefficient (Wildman–Crippen LogP) is 1.40. The molecule has 5 heteroatoms. The minimum Gasteiger partial charge on any atom is -0.383 e. The number of nitrogens with zero attached hydrogens (tertiary/aromatic N) is 1. The number of fused-ring (bicyclic) bond motifs is 1. The second-order valence-corrected chi connectivity index (χ2v) is 4.89. The first-order chi connectivity index (χ1) is 10.2. The molecule has 1 amide bonds. The number of hydrogen-bond acceptors (Lipinski definition) is 4. The van der Waals surface area contributed by atoms with E-state index in [9.17, 15) is 4.79 Å². The van der Waals surface area contributed by atoms with Gasteiger partial charge in [-0.05, 0) is 24.6 Å². The van der Waals surface area contributed by atoms with Gasteiger partial charge in [-0.2, -0.15) is 0 Å². The number of benzene rings is 1. The molecule has 0 saturated heterocycles. The van der Waals surface area contributed by atoms with Crippen LogP contribution in [0.4, 0.5) is 0 Å². The van der Waals surface area contributed by atoms with Crippen molar-refractivity contribution in [3.63, 3.8) is 0 Å². The molecule has 0 radical (unpaired) electrons. The van der Waals surface area contributed by atoms with E-state index in [0.717, 1.165) is 22.2 Å². The number of ether oxygens (including phenoxy) is 1. The number of carbonyl (C=O) groups is 1. The molecular formula is C16H21N3O2. The first kappa shape index (κ1) is 15.4. The van der Waals surface area contributed by atoms with Crippen molar-refractivity contribution in [1.82, 2.24) is 15.6 Å². The van der Waals surface area contributed by atoms with Crippen molar-refractivity contribution in [2.75, 3.05) is 26.8 Å². The molecule has 5 nitrogen and oxygen atoms in total. The lowest BCUT2D eigenvalue weighted by Gasteiger charge is -2.09. The third kappa shape index (κ3) is 4.51. The minimum absolute atomic E-state index is 0.0258. The molecule has 0 aliphatic heterocycles. The average molecular weight is 287 g/mol. The number of amides is 1. The molecule has 112 valence electrons. The third-order valence-electron chi connectivity index (χ3n) is 3.16. The Morgan fingerprint density at radius 1 is 1.33 bits per heavy atom. The van der Waals surface area contributed by atoms with Gasteiger partial charge in [-0.1, -0.05) is 18.2 Å². The number of pyridine rings is 1. The highest BCUT2D eigenvalue weighted by Crippen LogP contribution is 2.17. The fourth-order valence-corrected chi connectivity index (χ4v) is 2.21. The summed E-state index contributed by atoms with van der Waals surface area (Å²) in [4.78, 5) is 16.1. The summed E-state index contributed by atoms with van der Waals surface area (Å²) in [5.41, 5.74) is 3.12. The van der Waals surface area contributed by atoms with Gasteiger partial charge in [-0.15, -0.1) is 0 Å². The molecule has 2 aromatic rings. The summed E-state index contributed by atoms with van der Waals surface area (Å²) in [6.45, 7) is 3.97. The first-order valence-corrected chi connectivity index (χ1v) is 7.02. The van der Waals surface area contributed by atoms with Crippen LogP contribution in [0.2, 0.25) is 0 Å². The van der Waals surface area contributed by atoms with Crippen molar-refractivity contribution in [3.05, 3.63) is 41.6 Å². The highest BCUT2D eigenvalue weighted by molar-refractivity contribution is 5.82. The van der Waals surface area contributed by atoms with Crippen LogP contribution in [0.1, 0.15) is 11.3 Å². The maximum atomic E-state index is 11.6. The Balaban J connectivity index is 1.93. The summed E-state index contributed by atoms with van der Waals surface area (Å²) >= 11 is 0. The van der Waals surface area contributed by atoms with Gasteiger partial charge in [0.05, 0.1) is 18.7 Å². The molecule has 0 atom stereocenters. The first-order valence-electron chi connectivity index (χ1n) is 7.02. The van der Waals surface area contributed by atoms with Crippen molar-refractivity contribution >= 4 is 16.8 Å². The zero-order valence-corrected chi connectivity index (χ0v) is 12.5. The van der Waals surface area contributed by atoms with E-state index in [-0.39, 0.29) is 5.91 Å². The Labute approximate surface area is 124 Å². The average Bonchev–Trinajstić information content (AvgIpc) is 2.47. The standard InChI is InChI=1S/C16H21N3O2/c1-12-9-13(14-5-3-4-6-15(14)19-12)10-17-11-16(20)18-7-8-21-2/h3-6,9,17H,7-8,10-11H2,1-2H3,(H,18,20). The molecule has 21 heavy (non-hydrogen) atoms. The van der Waals surface area contributed by atoms with Crippen LogP contribution in [-0.4, -0.2) is 37.7 Å². The number of para-hydroxylation sites is 1. The topological polar surface area (TPSA) is 63.2 Å². The molecule has 0 aliphatic rings. The zero-order valence-electron chi connectivity index (χ0n) is 12.5. The normalized spacial score (nSPS) is 10.8. The maximum absolute atomic E-state index is 11.6. The van der Waals surface area contributed by atoms with Crippen LogP contribution >= 0.6 is 0 Å². The number of carbonyl (C=O) groups excluding carboxylic acids is 1. The quantitative estimate of drug-likeness (QED) is 0.756. The maximum Gasteiger partial charge on any atom is 0.234 e. The Morgan fingerprint density at radius 3 is 2.95 bits per heavy atom. The summed E-state index contributed by atoms with van der Waals surface area (Å²) in [7, 11) is 1.61. The fourth-order valence-electron chi connectivity index (χ4n) is 2.21. The van der Waals surface area contributed by atoms with Gasteiger partial charge >= 0.3 is 0 Å². The van der Waals surface area contributed by atoms with Crippen molar-refractivity contribution < 1.29 is 9.53 Å². The summed E-state index contributed by atoms with van der Waals surface area (Å²) in [5, 5.41) is 7.07. The van der Waals surface area contributed by atoms with Gasteiger partial charge in [0.1, 0.15) is 0 Å². The van der Waals surface area contributed by atoms with E-state index in [2.05, 4.69) is 27.8 Å². The van der Waals surface area contributed by atoms with E-state index in [4.69, 9.17) is 4.74 Å². The van der Waals surface area contributed by atoms with Crippen LogP contribution in [0.25, 0.3) is 10.9 Å². The van der Waals surface area contributed by atoms with E-state index in [1.54, 1.807) is 7.11 Å². The van der Waals surface area contributed by atoms with Crippen molar-refractivity contribution in [1.29, 1.82) is 0 Å². The van der Waals surface area contributed by atoms with E-state index >= 15 is 0 Å². The summed E-state index contributed by atoms with van der Waals surface area (Å²) in [6.07, 6.45) is 0. The lowest BCUT2D eigenvalue weighted by molar-refractivity contribution is -0.120. The molecule has 0 saturated carbocycles. The second kappa shape index (κ2) is 7.71. The molecule has 2 N–H and O–H groups in total. The largest absolute Gasteiger partial charge is 0.383 e. The Bertz CT molecular complexity index is 613. The lowest BCUT2D eigenvalue weighted by atomic mass is 10.1. The number of aryl methyl sites for hydroxylation is 1. The van der Waals surface area contributed by atoms with Gasteiger partial charge in [0, 0.05) is 31.3 Å². The van der Waals surface area contributed by atoms with Gasteiger partial charge in [0.2, 0.25) is 5.91 Å². The van der Waals surface area contributed by atoms with Crippen LogP contribution in [0.15, 0.2) is 30.3 Å². The molecule has 1 heterocycles. The number of rotatable bonds is 7. The van der Waals surface area contributed by atoms with E-state index in [0.29, 0.717) is 26.2 Å². The summed E-state index contributed by atoms with van der Waals surface area (Å²) < 4.78 is 4.89. The molecule has 0 spiro atoms. The highest BCUT2D eigenvalue weighted by Gasteiger charge is 2.05. The van der Waals surface area contributed by atoms with Gasteiger partial charge in [0.25, 0.3) is 0 Å². The van der Waals surface area contributed by atoms with Gasteiger partial charge in [0.15, 0.2) is 0 Å². The molecule has 2 rings (SSSR count). The second-order valence-electron chi connectivity index (χ2n) is 4.89. The Kier molecular flexibility index (Phi) is 5.66. The van der Waals surface area contributed by atoms with Crippen molar-refractivity contribution in [3.8, 4) is 0 Å². The van der Waals surface area contributed by atoms with Gasteiger partial charge in [-0.3, -0.25) is 9.78 Å². The Hall–Kier alpha value is -1.98. The molecule has 0 bridgehead atoms. The number of methoxy groups -OCH3 is 1. The Morgan fingerprint density at radius 2 is 2.14 bits per heavy atom. The highest BCUT2D eigenvalue weighted by atomic mass is 16.5. The number of nitrogens with one attached hydrogen (secondary N) is 2. The van der Waals surface area contributed by atoms with Crippen LogP contribution < -0.4 is 10.6 Å². The van der Waals surface area contributed by atoms with E-state index in [1.165, 1.54) is 0 Å². The van der Waals surface area contributed by atoms with E-state index in [1.807, 2.05) is 25.1 Å². The van der Waals surface area contributed by atoms with Crippen LogP contribution in [0.3, 0.4) is 0 Å². The molecule has 1 aromatic heterocycles. The lowest BCUT2D eigenvalue weighted by Crippen LogP contribution is -2.35. The van der Waals surface area contributed by atoms with Gasteiger partial charge < -0.3 is 15.4 Å². The van der Waals surface area contributed by atoms with Crippen LogP contribution in [0, 0.1) is 6.92 Å². The van der Waals surface area contributed by atoms with Crippen LogP contribution in [0.5, 0.6) is 0 Å². The van der Waals surface area contributed by atoms with Crippen LogP contribution in [-0.2, 0) is 16.1 Å². The predicted molar refractivity (Wildman–Crippen MR) is 83.1 cm³/mol. The summed E-state index contributed by atoms with van der Waals surface area (Å²) in [6, 6.07) is 10.1. The molecule has 0 unspecified atom stereocenters.